The van der Waals surface area contributed by atoms with Crippen molar-refractivity contribution in [2.24, 2.45) is 5.92 Å². The number of benzene rings is 1. The predicted octanol–water partition coefficient (Wildman–Crippen LogP) is 2.58. The lowest BCUT2D eigenvalue weighted by atomic mass is 9.92. The highest BCUT2D eigenvalue weighted by Crippen LogP contribution is 2.28. The summed E-state index contributed by atoms with van der Waals surface area (Å²) in [6, 6.07) is 12.0. The first kappa shape index (κ1) is 14.6. The average molecular weight is 296 g/mol. The molecule has 0 aliphatic carbocycles. The monoisotopic (exact) mass is 296 g/mol. The quantitative estimate of drug-likeness (QED) is 0.874. The summed E-state index contributed by atoms with van der Waals surface area (Å²) in [6.45, 7) is 0.719. The number of carbonyl (C=O) groups is 1. The number of aromatic nitrogens is 1. The maximum atomic E-state index is 11.8. The van der Waals surface area contributed by atoms with Crippen molar-refractivity contribution in [3.05, 3.63) is 59.4 Å². The fraction of sp³-hybridized carbons (Fsp3) is 0.333. The molecule has 1 amide bonds. The zero-order chi connectivity index (χ0) is 15.5. The van der Waals surface area contributed by atoms with E-state index in [9.17, 15) is 4.79 Å². The summed E-state index contributed by atoms with van der Waals surface area (Å²) < 4.78 is 5.81. The van der Waals surface area contributed by atoms with Gasteiger partial charge in [-0.3, -0.25) is 9.78 Å². The fourth-order valence-corrected chi connectivity index (χ4v) is 2.75. The van der Waals surface area contributed by atoms with Gasteiger partial charge in [0.1, 0.15) is 5.75 Å². The lowest BCUT2D eigenvalue weighted by Gasteiger charge is -2.25. The molecule has 0 fully saturated rings. The molecule has 0 N–H and O–H groups in total. The zero-order valence-corrected chi connectivity index (χ0v) is 13.0. The van der Waals surface area contributed by atoms with Gasteiger partial charge in [0.2, 0.25) is 0 Å². The molecule has 4 heteroatoms. The summed E-state index contributed by atoms with van der Waals surface area (Å²) in [7, 11) is 3.49. The summed E-state index contributed by atoms with van der Waals surface area (Å²) in [6.07, 6.45) is 3.54. The van der Waals surface area contributed by atoms with Crippen LogP contribution in [0.2, 0.25) is 0 Å². The van der Waals surface area contributed by atoms with Crippen molar-refractivity contribution >= 4 is 5.91 Å². The van der Waals surface area contributed by atoms with Crippen LogP contribution in [0.25, 0.3) is 0 Å². The Morgan fingerprint density at radius 3 is 2.82 bits per heavy atom. The molecule has 1 aromatic carbocycles. The Morgan fingerprint density at radius 2 is 2.09 bits per heavy atom. The number of amides is 1. The topological polar surface area (TPSA) is 42.4 Å². The lowest BCUT2D eigenvalue weighted by Crippen LogP contribution is -2.24. The molecule has 0 saturated heterocycles. The van der Waals surface area contributed by atoms with E-state index in [1.165, 1.54) is 5.56 Å². The number of carbonyl (C=O) groups excluding carboxylic acids is 1. The molecule has 0 bridgehead atoms. The van der Waals surface area contributed by atoms with Crippen molar-refractivity contribution in [2.45, 2.75) is 12.8 Å². The van der Waals surface area contributed by atoms with Gasteiger partial charge in [-0.1, -0.05) is 18.2 Å². The van der Waals surface area contributed by atoms with Gasteiger partial charge in [0.25, 0.3) is 5.91 Å². The highest BCUT2D eigenvalue weighted by Gasteiger charge is 2.20. The van der Waals surface area contributed by atoms with Crippen LogP contribution in [0, 0.1) is 5.92 Å². The molecule has 3 rings (SSSR count). The average Bonchev–Trinajstić information content (AvgIpc) is 2.55. The minimum atomic E-state index is -0.0195. The van der Waals surface area contributed by atoms with Crippen LogP contribution in [0.3, 0.4) is 0 Å². The van der Waals surface area contributed by atoms with E-state index in [1.54, 1.807) is 25.2 Å². The van der Waals surface area contributed by atoms with Crippen LogP contribution >= 0.6 is 0 Å². The first-order valence-electron chi connectivity index (χ1n) is 7.51. The molecule has 114 valence electrons. The number of ether oxygens (including phenoxy) is 1. The van der Waals surface area contributed by atoms with Gasteiger partial charge in [0.05, 0.1) is 12.2 Å². The number of hydrogen-bond donors (Lipinski definition) is 0. The Kier molecular flexibility index (Phi) is 4.09. The predicted molar refractivity (Wildman–Crippen MR) is 85.1 cm³/mol. The van der Waals surface area contributed by atoms with Crippen LogP contribution in [0.1, 0.15) is 21.6 Å². The van der Waals surface area contributed by atoms with E-state index in [4.69, 9.17) is 4.74 Å². The molecule has 0 saturated carbocycles. The summed E-state index contributed by atoms with van der Waals surface area (Å²) >= 11 is 0. The minimum absolute atomic E-state index is 0.0195. The smallest absolute Gasteiger partial charge is 0.254 e. The second kappa shape index (κ2) is 6.18. The van der Waals surface area contributed by atoms with Gasteiger partial charge in [0, 0.05) is 31.9 Å². The Labute approximate surface area is 130 Å². The number of pyridine rings is 1. The number of hydrogen-bond acceptors (Lipinski definition) is 3. The van der Waals surface area contributed by atoms with Crippen molar-refractivity contribution in [1.82, 2.24) is 9.88 Å². The van der Waals surface area contributed by atoms with E-state index in [-0.39, 0.29) is 5.91 Å². The molecular formula is C18H20N2O2. The number of rotatable bonds is 3. The van der Waals surface area contributed by atoms with Gasteiger partial charge in [-0.15, -0.1) is 0 Å². The van der Waals surface area contributed by atoms with Crippen molar-refractivity contribution in [3.63, 3.8) is 0 Å². The maximum absolute atomic E-state index is 11.8. The van der Waals surface area contributed by atoms with Crippen molar-refractivity contribution in [1.29, 1.82) is 0 Å². The van der Waals surface area contributed by atoms with Crippen LogP contribution in [0.15, 0.2) is 42.6 Å². The Bertz CT molecular complexity index is 665. The van der Waals surface area contributed by atoms with E-state index < -0.39 is 0 Å². The molecule has 2 heterocycles. The molecule has 4 nitrogen and oxygen atoms in total. The normalized spacial score (nSPS) is 16.5. The summed E-state index contributed by atoms with van der Waals surface area (Å²) in [5.74, 6) is 1.41. The standard InChI is InChI=1S/C18H20N2O2/c1-20(2)18(21)15-7-8-16(19-11-15)10-13-9-14-5-3-4-6-17(14)22-12-13/h3-8,11,13H,9-10,12H2,1-2H3. The minimum Gasteiger partial charge on any atom is -0.493 e. The first-order chi connectivity index (χ1) is 10.6. The molecule has 2 aromatic rings. The molecule has 22 heavy (non-hydrogen) atoms. The Balaban J connectivity index is 1.66. The van der Waals surface area contributed by atoms with E-state index in [1.807, 2.05) is 30.3 Å². The van der Waals surface area contributed by atoms with Crippen molar-refractivity contribution < 1.29 is 9.53 Å². The van der Waals surface area contributed by atoms with Crippen LogP contribution < -0.4 is 4.74 Å². The van der Waals surface area contributed by atoms with Crippen molar-refractivity contribution in [3.8, 4) is 5.75 Å². The highest BCUT2D eigenvalue weighted by atomic mass is 16.5. The third-order valence-electron chi connectivity index (χ3n) is 3.93. The van der Waals surface area contributed by atoms with Crippen LogP contribution in [-0.2, 0) is 12.8 Å². The molecule has 1 unspecified atom stereocenters. The van der Waals surface area contributed by atoms with Crippen LogP contribution in [0.5, 0.6) is 5.75 Å². The number of fused-ring (bicyclic) bond motifs is 1. The van der Waals surface area contributed by atoms with Gasteiger partial charge < -0.3 is 9.64 Å². The van der Waals surface area contributed by atoms with Gasteiger partial charge in [-0.2, -0.15) is 0 Å². The Hall–Kier alpha value is -2.36. The summed E-state index contributed by atoms with van der Waals surface area (Å²) in [4.78, 5) is 17.8. The van der Waals surface area contributed by atoms with Gasteiger partial charge >= 0.3 is 0 Å². The van der Waals surface area contributed by atoms with Gasteiger partial charge in [-0.05, 0) is 36.6 Å². The molecule has 1 atom stereocenters. The third kappa shape index (κ3) is 3.11. The third-order valence-corrected chi connectivity index (χ3v) is 3.93. The van der Waals surface area contributed by atoms with E-state index in [0.29, 0.717) is 11.5 Å². The largest absolute Gasteiger partial charge is 0.493 e. The number of nitrogens with zero attached hydrogens (tertiary/aromatic N) is 2. The summed E-state index contributed by atoms with van der Waals surface area (Å²) in [5.41, 5.74) is 2.89. The molecular weight excluding hydrogens is 276 g/mol. The Morgan fingerprint density at radius 1 is 1.27 bits per heavy atom. The van der Waals surface area contributed by atoms with Crippen LogP contribution in [-0.4, -0.2) is 36.5 Å². The summed E-state index contributed by atoms with van der Waals surface area (Å²) in [5, 5.41) is 0. The van der Waals surface area contributed by atoms with E-state index >= 15 is 0 Å². The number of para-hydroxylation sites is 1. The fourth-order valence-electron chi connectivity index (χ4n) is 2.75. The van der Waals surface area contributed by atoms with Gasteiger partial charge in [0.15, 0.2) is 0 Å². The molecule has 0 radical (unpaired) electrons. The van der Waals surface area contributed by atoms with E-state index in [0.717, 1.165) is 30.9 Å². The first-order valence-corrected chi connectivity index (χ1v) is 7.51. The van der Waals surface area contributed by atoms with Gasteiger partial charge in [-0.25, -0.2) is 0 Å². The second-order valence-electron chi connectivity index (χ2n) is 5.93. The SMILES string of the molecule is CN(C)C(=O)c1ccc(CC2COc3ccccc3C2)nc1. The zero-order valence-electron chi connectivity index (χ0n) is 13.0. The molecule has 0 spiro atoms. The van der Waals surface area contributed by atoms with Crippen LogP contribution in [0.4, 0.5) is 0 Å². The highest BCUT2D eigenvalue weighted by molar-refractivity contribution is 5.93. The second-order valence-corrected chi connectivity index (χ2v) is 5.93. The maximum Gasteiger partial charge on any atom is 0.254 e. The van der Waals surface area contributed by atoms with E-state index in [2.05, 4.69) is 11.1 Å². The molecule has 1 aliphatic rings. The lowest BCUT2D eigenvalue weighted by molar-refractivity contribution is 0.0827. The van der Waals surface area contributed by atoms with Crippen molar-refractivity contribution in [2.75, 3.05) is 20.7 Å². The molecule has 1 aromatic heterocycles. The molecule has 1 aliphatic heterocycles.